The van der Waals surface area contributed by atoms with Gasteiger partial charge in [-0.2, -0.15) is 0 Å². The van der Waals surface area contributed by atoms with Crippen molar-refractivity contribution in [2.45, 2.75) is 6.92 Å². The normalized spacial score (nSPS) is 10.8. The molecule has 0 spiro atoms. The zero-order valence-corrected chi connectivity index (χ0v) is 12.9. The van der Waals surface area contributed by atoms with Crippen LogP contribution in [0.25, 0.3) is 16.6 Å². The van der Waals surface area contributed by atoms with Gasteiger partial charge in [0.05, 0.1) is 16.6 Å². The summed E-state index contributed by atoms with van der Waals surface area (Å²) >= 11 is 3.38. The number of halogens is 1. The lowest BCUT2D eigenvalue weighted by Gasteiger charge is -2.13. The topological polar surface area (TPSA) is 72.9 Å². The van der Waals surface area contributed by atoms with Crippen LogP contribution in [0.15, 0.2) is 51.7 Å². The number of nitrogens with two attached hydrogens (primary N) is 1. The quantitative estimate of drug-likeness (QED) is 0.553. The number of aryl methyl sites for hydroxylation is 1. The number of hydrogen-bond acceptors (Lipinski definition) is 4. The van der Waals surface area contributed by atoms with E-state index >= 15 is 0 Å². The van der Waals surface area contributed by atoms with Gasteiger partial charge < -0.3 is 0 Å². The number of anilines is 1. The van der Waals surface area contributed by atoms with Gasteiger partial charge in [0.2, 0.25) is 5.95 Å². The van der Waals surface area contributed by atoms with Gasteiger partial charge in [-0.05, 0) is 42.8 Å². The SMILES string of the molecule is Cc1cccc(-n2c(NN)nc3ccc(Br)cc3c2=O)c1. The number of hydrazine groups is 1. The second-order valence-electron chi connectivity index (χ2n) is 4.72. The average Bonchev–Trinajstić information content (AvgIpc) is 2.47. The third-order valence-corrected chi connectivity index (χ3v) is 3.71. The monoisotopic (exact) mass is 344 g/mol. The van der Waals surface area contributed by atoms with Gasteiger partial charge >= 0.3 is 0 Å². The largest absolute Gasteiger partial charge is 0.293 e. The number of fused-ring (bicyclic) bond motifs is 1. The molecule has 2 aromatic carbocycles. The predicted molar refractivity (Wildman–Crippen MR) is 87.6 cm³/mol. The molecule has 21 heavy (non-hydrogen) atoms. The number of nitrogens with one attached hydrogen (secondary N) is 1. The van der Waals surface area contributed by atoms with E-state index in [1.165, 1.54) is 4.57 Å². The molecule has 0 bridgehead atoms. The summed E-state index contributed by atoms with van der Waals surface area (Å²) in [4.78, 5) is 17.2. The Morgan fingerprint density at radius 3 is 2.76 bits per heavy atom. The van der Waals surface area contributed by atoms with E-state index in [-0.39, 0.29) is 5.56 Å². The molecule has 0 fully saturated rings. The minimum atomic E-state index is -0.167. The van der Waals surface area contributed by atoms with Crippen LogP contribution in [0.3, 0.4) is 0 Å². The first-order valence-corrected chi connectivity index (χ1v) is 7.15. The molecule has 0 unspecified atom stereocenters. The summed E-state index contributed by atoms with van der Waals surface area (Å²) in [6.45, 7) is 1.97. The highest BCUT2D eigenvalue weighted by Gasteiger charge is 2.12. The van der Waals surface area contributed by atoms with Gasteiger partial charge in [0, 0.05) is 4.47 Å². The van der Waals surface area contributed by atoms with Crippen LogP contribution in [-0.4, -0.2) is 9.55 Å². The van der Waals surface area contributed by atoms with Gasteiger partial charge in [-0.1, -0.05) is 28.1 Å². The number of nitrogens with zero attached hydrogens (tertiary/aromatic N) is 2. The summed E-state index contributed by atoms with van der Waals surface area (Å²) in [7, 11) is 0. The number of hydrogen-bond donors (Lipinski definition) is 2. The van der Waals surface area contributed by atoms with Crippen molar-refractivity contribution in [1.82, 2.24) is 9.55 Å². The van der Waals surface area contributed by atoms with E-state index in [1.807, 2.05) is 37.3 Å². The fraction of sp³-hybridized carbons (Fsp3) is 0.0667. The van der Waals surface area contributed by atoms with Crippen LogP contribution in [0.2, 0.25) is 0 Å². The number of benzene rings is 2. The highest BCUT2D eigenvalue weighted by molar-refractivity contribution is 9.10. The van der Waals surface area contributed by atoms with Crippen molar-refractivity contribution in [3.05, 3.63) is 62.9 Å². The Hall–Kier alpha value is -2.18. The molecule has 0 aliphatic carbocycles. The molecule has 1 heterocycles. The molecular formula is C15H13BrN4O. The molecule has 0 amide bonds. The highest BCUT2D eigenvalue weighted by atomic mass is 79.9. The summed E-state index contributed by atoms with van der Waals surface area (Å²) in [5.41, 5.74) is 4.71. The van der Waals surface area contributed by atoms with Gasteiger partial charge in [0.15, 0.2) is 0 Å². The summed E-state index contributed by atoms with van der Waals surface area (Å²) in [5, 5.41) is 0.532. The third-order valence-electron chi connectivity index (χ3n) is 3.22. The van der Waals surface area contributed by atoms with Gasteiger partial charge in [0.1, 0.15) is 0 Å². The first-order valence-electron chi connectivity index (χ1n) is 6.36. The second-order valence-corrected chi connectivity index (χ2v) is 5.64. The summed E-state index contributed by atoms with van der Waals surface area (Å²) in [5.74, 6) is 5.84. The minimum absolute atomic E-state index is 0.167. The lowest BCUT2D eigenvalue weighted by Crippen LogP contribution is -2.26. The van der Waals surface area contributed by atoms with Crippen molar-refractivity contribution in [3.63, 3.8) is 0 Å². The van der Waals surface area contributed by atoms with Crippen molar-refractivity contribution in [3.8, 4) is 5.69 Å². The second kappa shape index (κ2) is 5.31. The lowest BCUT2D eigenvalue weighted by molar-refractivity contribution is 0.953. The molecule has 6 heteroatoms. The zero-order chi connectivity index (χ0) is 15.0. The summed E-state index contributed by atoms with van der Waals surface area (Å²) < 4.78 is 2.31. The van der Waals surface area contributed by atoms with E-state index in [0.717, 1.165) is 15.7 Å². The average molecular weight is 345 g/mol. The standard InChI is InChI=1S/C15H13BrN4O/c1-9-3-2-4-11(7-9)20-14(21)12-8-10(16)5-6-13(12)18-15(20)19-17/h2-8H,17H2,1H3,(H,18,19). The van der Waals surface area contributed by atoms with Crippen molar-refractivity contribution in [2.24, 2.45) is 5.84 Å². The Kier molecular flexibility index (Phi) is 3.48. The van der Waals surface area contributed by atoms with Crippen molar-refractivity contribution in [2.75, 3.05) is 5.43 Å². The Morgan fingerprint density at radius 1 is 1.24 bits per heavy atom. The molecule has 0 radical (unpaired) electrons. The minimum Gasteiger partial charge on any atom is -0.293 e. The van der Waals surface area contributed by atoms with E-state index in [1.54, 1.807) is 12.1 Å². The van der Waals surface area contributed by atoms with E-state index in [4.69, 9.17) is 5.84 Å². The lowest BCUT2D eigenvalue weighted by atomic mass is 10.2. The molecule has 106 valence electrons. The van der Waals surface area contributed by atoms with Gasteiger partial charge in [-0.25, -0.2) is 15.4 Å². The molecule has 0 saturated heterocycles. The van der Waals surface area contributed by atoms with Gasteiger partial charge in [-0.3, -0.25) is 10.2 Å². The van der Waals surface area contributed by atoms with Crippen LogP contribution in [0.4, 0.5) is 5.95 Å². The van der Waals surface area contributed by atoms with Crippen molar-refractivity contribution in [1.29, 1.82) is 0 Å². The smallest absolute Gasteiger partial charge is 0.267 e. The number of nitrogen functional groups attached to an aromatic ring is 1. The Labute approximate surface area is 129 Å². The zero-order valence-electron chi connectivity index (χ0n) is 11.3. The molecule has 3 N–H and O–H groups in total. The molecule has 0 aliphatic rings. The Balaban J connectivity index is 2.40. The van der Waals surface area contributed by atoms with E-state index in [9.17, 15) is 4.79 Å². The first-order chi connectivity index (χ1) is 10.1. The summed E-state index contributed by atoms with van der Waals surface area (Å²) in [6, 6.07) is 13.0. The Bertz CT molecular complexity index is 888. The number of aromatic nitrogens is 2. The molecule has 0 atom stereocenters. The fourth-order valence-corrected chi connectivity index (χ4v) is 2.62. The van der Waals surface area contributed by atoms with Gasteiger partial charge in [0.25, 0.3) is 5.56 Å². The number of rotatable bonds is 2. The van der Waals surface area contributed by atoms with Gasteiger partial charge in [-0.15, -0.1) is 0 Å². The fourth-order valence-electron chi connectivity index (χ4n) is 2.26. The molecule has 3 aromatic rings. The van der Waals surface area contributed by atoms with E-state index in [0.29, 0.717) is 16.9 Å². The maximum absolute atomic E-state index is 12.8. The molecule has 1 aromatic heterocycles. The highest BCUT2D eigenvalue weighted by Crippen LogP contribution is 2.19. The molecular weight excluding hydrogens is 332 g/mol. The van der Waals surface area contributed by atoms with Crippen LogP contribution in [0, 0.1) is 6.92 Å². The molecule has 0 saturated carbocycles. The van der Waals surface area contributed by atoms with Crippen molar-refractivity contribution >= 4 is 32.8 Å². The first kappa shape index (κ1) is 13.8. The summed E-state index contributed by atoms with van der Waals surface area (Å²) in [6.07, 6.45) is 0. The van der Waals surface area contributed by atoms with Crippen LogP contribution in [0.5, 0.6) is 0 Å². The maximum Gasteiger partial charge on any atom is 0.267 e. The predicted octanol–water partition coefficient (Wildman–Crippen LogP) is 2.74. The molecule has 0 aliphatic heterocycles. The van der Waals surface area contributed by atoms with Crippen LogP contribution in [-0.2, 0) is 0 Å². The third kappa shape index (κ3) is 2.43. The molecule has 5 nitrogen and oxygen atoms in total. The van der Waals surface area contributed by atoms with E-state index < -0.39 is 0 Å². The molecule has 3 rings (SSSR count). The maximum atomic E-state index is 12.8. The Morgan fingerprint density at radius 2 is 2.05 bits per heavy atom. The van der Waals surface area contributed by atoms with Crippen molar-refractivity contribution < 1.29 is 0 Å². The van der Waals surface area contributed by atoms with E-state index in [2.05, 4.69) is 26.3 Å². The van der Waals surface area contributed by atoms with Crippen LogP contribution in [0.1, 0.15) is 5.56 Å². The van der Waals surface area contributed by atoms with Crippen LogP contribution >= 0.6 is 15.9 Å². The van der Waals surface area contributed by atoms with Crippen LogP contribution < -0.4 is 16.8 Å².